The van der Waals surface area contributed by atoms with Gasteiger partial charge in [0.1, 0.15) is 6.10 Å². The first-order valence-electron chi connectivity index (χ1n) is 5.14. The molecule has 0 spiro atoms. The number of methoxy groups -OCH3 is 1. The SMILES string of the molecule is COCC(C)OC(=O)C1CCCNC1. The van der Waals surface area contributed by atoms with Gasteiger partial charge in [-0.25, -0.2) is 0 Å². The largest absolute Gasteiger partial charge is 0.460 e. The van der Waals surface area contributed by atoms with Gasteiger partial charge in [-0.2, -0.15) is 0 Å². The third-order valence-electron chi connectivity index (χ3n) is 2.35. The molecular weight excluding hydrogens is 182 g/mol. The van der Waals surface area contributed by atoms with Crippen LogP contribution in [0.2, 0.25) is 0 Å². The van der Waals surface area contributed by atoms with E-state index in [1.54, 1.807) is 7.11 Å². The highest BCUT2D eigenvalue weighted by atomic mass is 16.6. The fourth-order valence-corrected chi connectivity index (χ4v) is 1.62. The zero-order chi connectivity index (χ0) is 10.4. The number of nitrogens with one attached hydrogen (secondary N) is 1. The zero-order valence-corrected chi connectivity index (χ0v) is 8.91. The van der Waals surface area contributed by atoms with Gasteiger partial charge in [-0.15, -0.1) is 0 Å². The maximum Gasteiger partial charge on any atom is 0.310 e. The van der Waals surface area contributed by atoms with Gasteiger partial charge in [-0.05, 0) is 26.3 Å². The summed E-state index contributed by atoms with van der Waals surface area (Å²) in [7, 11) is 1.60. The van der Waals surface area contributed by atoms with Crippen molar-refractivity contribution in [2.24, 2.45) is 5.92 Å². The number of carbonyl (C=O) groups excluding carboxylic acids is 1. The van der Waals surface area contributed by atoms with Crippen LogP contribution in [0.15, 0.2) is 0 Å². The monoisotopic (exact) mass is 201 g/mol. The standard InChI is InChI=1S/C10H19NO3/c1-8(7-13-2)14-10(12)9-4-3-5-11-6-9/h8-9,11H,3-7H2,1-2H3. The molecular formula is C10H19NO3. The van der Waals surface area contributed by atoms with Crippen molar-refractivity contribution in [3.05, 3.63) is 0 Å². The van der Waals surface area contributed by atoms with Crippen LogP contribution in [0.3, 0.4) is 0 Å². The fourth-order valence-electron chi connectivity index (χ4n) is 1.62. The van der Waals surface area contributed by atoms with E-state index in [4.69, 9.17) is 9.47 Å². The van der Waals surface area contributed by atoms with Crippen LogP contribution in [0.4, 0.5) is 0 Å². The summed E-state index contributed by atoms with van der Waals surface area (Å²) in [6, 6.07) is 0. The quantitative estimate of drug-likeness (QED) is 0.675. The van der Waals surface area contributed by atoms with Gasteiger partial charge in [0.15, 0.2) is 0 Å². The number of piperidine rings is 1. The highest BCUT2D eigenvalue weighted by molar-refractivity contribution is 5.73. The Balaban J connectivity index is 2.25. The molecule has 4 heteroatoms. The first kappa shape index (κ1) is 11.5. The Labute approximate surface area is 85.0 Å². The van der Waals surface area contributed by atoms with Crippen molar-refractivity contribution in [3.63, 3.8) is 0 Å². The lowest BCUT2D eigenvalue weighted by Gasteiger charge is -2.22. The van der Waals surface area contributed by atoms with Gasteiger partial charge in [0.25, 0.3) is 0 Å². The Morgan fingerprint density at radius 3 is 3.00 bits per heavy atom. The van der Waals surface area contributed by atoms with Crippen molar-refractivity contribution < 1.29 is 14.3 Å². The second-order valence-electron chi connectivity index (χ2n) is 3.75. The summed E-state index contributed by atoms with van der Waals surface area (Å²) in [6.07, 6.45) is 1.85. The van der Waals surface area contributed by atoms with Crippen LogP contribution in [0.25, 0.3) is 0 Å². The molecule has 1 heterocycles. The molecule has 1 aliphatic rings. The number of carbonyl (C=O) groups is 1. The number of hydrogen-bond donors (Lipinski definition) is 1. The lowest BCUT2D eigenvalue weighted by atomic mass is 10.00. The summed E-state index contributed by atoms with van der Waals surface area (Å²) < 4.78 is 10.1. The van der Waals surface area contributed by atoms with Crippen LogP contribution in [0.1, 0.15) is 19.8 Å². The maximum absolute atomic E-state index is 11.6. The van der Waals surface area contributed by atoms with Crippen LogP contribution in [-0.4, -0.2) is 38.9 Å². The molecule has 4 nitrogen and oxygen atoms in total. The molecule has 82 valence electrons. The molecule has 1 rings (SSSR count). The topological polar surface area (TPSA) is 47.6 Å². The molecule has 2 atom stereocenters. The predicted octanol–water partition coefficient (Wildman–Crippen LogP) is 0.564. The molecule has 14 heavy (non-hydrogen) atoms. The third-order valence-corrected chi connectivity index (χ3v) is 2.35. The van der Waals surface area contributed by atoms with Crippen LogP contribution in [0.5, 0.6) is 0 Å². The predicted molar refractivity (Wildman–Crippen MR) is 53.0 cm³/mol. The van der Waals surface area contributed by atoms with E-state index in [1.807, 2.05) is 6.92 Å². The van der Waals surface area contributed by atoms with E-state index in [0.29, 0.717) is 6.61 Å². The number of hydrogen-bond acceptors (Lipinski definition) is 4. The minimum Gasteiger partial charge on any atom is -0.460 e. The summed E-state index contributed by atoms with van der Waals surface area (Å²) >= 11 is 0. The minimum absolute atomic E-state index is 0.0306. The molecule has 0 saturated carbocycles. The molecule has 2 unspecified atom stereocenters. The van der Waals surface area contributed by atoms with Gasteiger partial charge in [0.2, 0.25) is 0 Å². The molecule has 0 bridgehead atoms. The Kier molecular flexibility index (Phi) is 4.90. The van der Waals surface area contributed by atoms with Crippen LogP contribution >= 0.6 is 0 Å². The second kappa shape index (κ2) is 5.98. The van der Waals surface area contributed by atoms with Gasteiger partial charge in [0, 0.05) is 13.7 Å². The average molecular weight is 201 g/mol. The molecule has 1 saturated heterocycles. The minimum atomic E-state index is -0.144. The molecule has 1 fully saturated rings. The molecule has 0 amide bonds. The van der Waals surface area contributed by atoms with Gasteiger partial charge < -0.3 is 14.8 Å². The molecule has 0 aromatic carbocycles. The molecule has 1 aliphatic heterocycles. The summed E-state index contributed by atoms with van der Waals surface area (Å²) in [6.45, 7) is 4.07. The Morgan fingerprint density at radius 2 is 2.43 bits per heavy atom. The lowest BCUT2D eigenvalue weighted by Crippen LogP contribution is -2.37. The lowest BCUT2D eigenvalue weighted by molar-refractivity contribution is -0.156. The molecule has 0 aliphatic carbocycles. The van der Waals surface area contributed by atoms with E-state index in [-0.39, 0.29) is 18.0 Å². The molecule has 0 aromatic heterocycles. The van der Waals surface area contributed by atoms with Crippen LogP contribution in [0, 0.1) is 5.92 Å². The van der Waals surface area contributed by atoms with E-state index < -0.39 is 0 Å². The van der Waals surface area contributed by atoms with Gasteiger partial charge in [-0.1, -0.05) is 0 Å². The summed E-state index contributed by atoms with van der Waals surface area (Å²) in [5.41, 5.74) is 0. The van der Waals surface area contributed by atoms with Crippen LogP contribution < -0.4 is 5.32 Å². The number of ether oxygens (including phenoxy) is 2. The smallest absolute Gasteiger partial charge is 0.310 e. The fraction of sp³-hybridized carbons (Fsp3) is 0.900. The average Bonchev–Trinajstić information content (AvgIpc) is 2.19. The molecule has 1 N–H and O–H groups in total. The van der Waals surface area contributed by atoms with E-state index in [9.17, 15) is 4.79 Å². The Hall–Kier alpha value is -0.610. The van der Waals surface area contributed by atoms with Crippen molar-refractivity contribution >= 4 is 5.97 Å². The van der Waals surface area contributed by atoms with Crippen molar-refractivity contribution in [2.45, 2.75) is 25.9 Å². The van der Waals surface area contributed by atoms with Gasteiger partial charge in [-0.3, -0.25) is 4.79 Å². The first-order chi connectivity index (χ1) is 6.74. The normalized spacial score (nSPS) is 24.3. The van der Waals surface area contributed by atoms with Crippen molar-refractivity contribution in [3.8, 4) is 0 Å². The van der Waals surface area contributed by atoms with Crippen LogP contribution in [-0.2, 0) is 14.3 Å². The number of esters is 1. The number of rotatable bonds is 4. The van der Waals surface area contributed by atoms with E-state index >= 15 is 0 Å². The first-order valence-corrected chi connectivity index (χ1v) is 5.14. The van der Waals surface area contributed by atoms with Crippen molar-refractivity contribution in [1.29, 1.82) is 0 Å². The maximum atomic E-state index is 11.6. The summed E-state index contributed by atoms with van der Waals surface area (Å²) in [4.78, 5) is 11.6. The highest BCUT2D eigenvalue weighted by Gasteiger charge is 2.23. The second-order valence-corrected chi connectivity index (χ2v) is 3.75. The van der Waals surface area contributed by atoms with E-state index in [2.05, 4.69) is 5.32 Å². The van der Waals surface area contributed by atoms with Gasteiger partial charge >= 0.3 is 5.97 Å². The highest BCUT2D eigenvalue weighted by Crippen LogP contribution is 2.12. The van der Waals surface area contributed by atoms with Crippen molar-refractivity contribution in [2.75, 3.05) is 26.8 Å². The van der Waals surface area contributed by atoms with Crippen molar-refractivity contribution in [1.82, 2.24) is 5.32 Å². The Morgan fingerprint density at radius 1 is 1.64 bits per heavy atom. The molecule has 0 aromatic rings. The van der Waals surface area contributed by atoms with E-state index in [1.165, 1.54) is 0 Å². The zero-order valence-electron chi connectivity index (χ0n) is 8.91. The summed E-state index contributed by atoms with van der Waals surface area (Å²) in [5, 5.41) is 3.19. The summed E-state index contributed by atoms with van der Waals surface area (Å²) in [5.74, 6) is -0.0650. The molecule has 0 radical (unpaired) electrons. The van der Waals surface area contributed by atoms with Gasteiger partial charge in [0.05, 0.1) is 12.5 Å². The third kappa shape index (κ3) is 3.64. The Bertz CT molecular complexity index is 178. The van der Waals surface area contributed by atoms with E-state index in [0.717, 1.165) is 25.9 Å².